The number of ether oxygens (including phenoxy) is 6. The van der Waals surface area contributed by atoms with Crippen molar-refractivity contribution in [2.24, 2.45) is 5.92 Å². The van der Waals surface area contributed by atoms with Crippen molar-refractivity contribution in [1.29, 1.82) is 0 Å². The Balaban J connectivity index is 1.56. The summed E-state index contributed by atoms with van der Waals surface area (Å²) >= 11 is 0. The predicted octanol–water partition coefficient (Wildman–Crippen LogP) is -0.716. The van der Waals surface area contributed by atoms with Gasteiger partial charge < -0.3 is 58.9 Å². The normalized spacial score (nSPS) is 46.4. The summed E-state index contributed by atoms with van der Waals surface area (Å²) in [6, 6.07) is 0. The zero-order valence-corrected chi connectivity index (χ0v) is 24.5. The van der Waals surface area contributed by atoms with E-state index in [0.29, 0.717) is 19.4 Å². The largest absolute Gasteiger partial charge is 0.394 e. The molecule has 13 heteroatoms. The summed E-state index contributed by atoms with van der Waals surface area (Å²) in [6.45, 7) is 3.46. The molecule has 4 aliphatic rings. The molecule has 0 aromatic carbocycles. The molecule has 0 radical (unpaired) electrons. The molecule has 0 aromatic rings. The van der Waals surface area contributed by atoms with E-state index in [0.717, 1.165) is 32.1 Å². The molecule has 0 bridgehead atoms. The van der Waals surface area contributed by atoms with Gasteiger partial charge in [0.1, 0.15) is 48.8 Å². The predicted molar refractivity (Wildman–Crippen MR) is 142 cm³/mol. The van der Waals surface area contributed by atoms with Gasteiger partial charge in [-0.05, 0) is 38.5 Å². The quantitative estimate of drug-likeness (QED) is 0.263. The van der Waals surface area contributed by atoms with Crippen LogP contribution in [0, 0.1) is 5.92 Å². The number of aliphatic hydroxyl groups excluding tert-OH is 5. The second-order valence-electron chi connectivity index (χ2n) is 12.1. The van der Waals surface area contributed by atoms with Gasteiger partial charge in [0, 0.05) is 20.7 Å². The van der Waals surface area contributed by atoms with Crippen LogP contribution >= 0.6 is 0 Å². The highest BCUT2D eigenvalue weighted by molar-refractivity contribution is 5.80. The number of hydrogen-bond acceptors (Lipinski definition) is 12. The average molecular weight is 592 g/mol. The SMILES string of the molecule is CC1OC(OC2[C@H](C)CCC[C@H]2O[C@@H]2OC(CO)[C@H](O)C3O[C@@H](C(=O)N(C)C)CCCCCOC32)[C@@H](O)C(O)[C@@H]1O. The van der Waals surface area contributed by atoms with E-state index in [2.05, 4.69) is 0 Å². The molecule has 7 unspecified atom stereocenters. The minimum atomic E-state index is -1.46. The number of carbonyl (C=O) groups excluding carboxylic acids is 1. The van der Waals surface area contributed by atoms with Gasteiger partial charge in [0.05, 0.1) is 24.9 Å². The van der Waals surface area contributed by atoms with Gasteiger partial charge in [-0.1, -0.05) is 26.2 Å². The lowest BCUT2D eigenvalue weighted by molar-refractivity contribution is -0.352. The van der Waals surface area contributed by atoms with Gasteiger partial charge in [-0.3, -0.25) is 4.79 Å². The number of rotatable bonds is 6. The van der Waals surface area contributed by atoms with E-state index >= 15 is 0 Å². The van der Waals surface area contributed by atoms with E-state index in [9.17, 15) is 30.3 Å². The smallest absolute Gasteiger partial charge is 0.251 e. The van der Waals surface area contributed by atoms with E-state index in [1.807, 2.05) is 6.92 Å². The van der Waals surface area contributed by atoms with Gasteiger partial charge in [0.25, 0.3) is 5.91 Å². The van der Waals surface area contributed by atoms with Gasteiger partial charge in [-0.15, -0.1) is 0 Å². The number of aliphatic hydroxyl groups is 5. The molecule has 3 heterocycles. The highest BCUT2D eigenvalue weighted by Gasteiger charge is 2.51. The minimum Gasteiger partial charge on any atom is -0.394 e. The summed E-state index contributed by atoms with van der Waals surface area (Å²) < 4.78 is 36.9. The molecule has 13 nitrogen and oxygen atoms in total. The topological polar surface area (TPSA) is 177 Å². The third kappa shape index (κ3) is 7.58. The zero-order chi connectivity index (χ0) is 29.8. The highest BCUT2D eigenvalue weighted by atomic mass is 16.7. The lowest BCUT2D eigenvalue weighted by Crippen LogP contribution is -2.63. The molecule has 1 aliphatic carbocycles. The molecule has 1 saturated carbocycles. The fraction of sp³-hybridized carbons (Fsp3) is 0.964. The minimum absolute atomic E-state index is 0.00854. The number of fused-ring (bicyclic) bond motifs is 1. The molecule has 0 aromatic heterocycles. The van der Waals surface area contributed by atoms with Crippen molar-refractivity contribution in [3.8, 4) is 0 Å². The summed E-state index contributed by atoms with van der Waals surface area (Å²) in [6.07, 6.45) is -8.15. The maximum absolute atomic E-state index is 12.9. The number of likely N-dealkylation sites (N-methyl/N-ethyl adjacent to an activating group) is 1. The molecule has 41 heavy (non-hydrogen) atoms. The number of nitrogens with zero attached hydrogens (tertiary/aromatic N) is 1. The van der Waals surface area contributed by atoms with Crippen LogP contribution in [0.2, 0.25) is 0 Å². The van der Waals surface area contributed by atoms with E-state index in [4.69, 9.17) is 28.4 Å². The zero-order valence-electron chi connectivity index (χ0n) is 24.5. The van der Waals surface area contributed by atoms with Crippen molar-refractivity contribution >= 4 is 5.91 Å². The molecule has 0 spiro atoms. The van der Waals surface area contributed by atoms with Crippen molar-refractivity contribution < 1.29 is 58.7 Å². The van der Waals surface area contributed by atoms with Gasteiger partial charge in [0.15, 0.2) is 12.6 Å². The molecular formula is C28H49NO12. The lowest BCUT2D eigenvalue weighted by Gasteiger charge is -2.48. The van der Waals surface area contributed by atoms with E-state index in [-0.39, 0.29) is 11.8 Å². The molecule has 3 saturated heterocycles. The van der Waals surface area contributed by atoms with E-state index in [1.54, 1.807) is 21.0 Å². The molecule has 3 aliphatic heterocycles. The maximum Gasteiger partial charge on any atom is 0.251 e. The monoisotopic (exact) mass is 591 g/mol. The second kappa shape index (κ2) is 14.7. The third-order valence-electron chi connectivity index (χ3n) is 8.74. The summed E-state index contributed by atoms with van der Waals surface area (Å²) in [5.41, 5.74) is 0. The van der Waals surface area contributed by atoms with Crippen molar-refractivity contribution in [3.63, 3.8) is 0 Å². The Labute approximate surface area is 241 Å². The van der Waals surface area contributed by atoms with Crippen molar-refractivity contribution in [2.75, 3.05) is 27.3 Å². The summed E-state index contributed by atoms with van der Waals surface area (Å²) in [5, 5.41) is 52.1. The fourth-order valence-electron chi connectivity index (χ4n) is 6.19. The third-order valence-corrected chi connectivity index (χ3v) is 8.74. The first kappa shape index (κ1) is 32.9. The molecule has 4 fully saturated rings. The van der Waals surface area contributed by atoms with Crippen molar-refractivity contribution in [2.45, 2.75) is 139 Å². The maximum atomic E-state index is 12.9. The Morgan fingerprint density at radius 3 is 2.27 bits per heavy atom. The van der Waals surface area contributed by atoms with Crippen molar-refractivity contribution in [3.05, 3.63) is 0 Å². The van der Waals surface area contributed by atoms with Crippen LogP contribution in [-0.4, -0.2) is 143 Å². The Morgan fingerprint density at radius 2 is 1.56 bits per heavy atom. The summed E-state index contributed by atoms with van der Waals surface area (Å²) in [4.78, 5) is 14.4. The van der Waals surface area contributed by atoms with Crippen LogP contribution in [0.4, 0.5) is 0 Å². The van der Waals surface area contributed by atoms with Crippen LogP contribution < -0.4 is 0 Å². The number of amides is 1. The molecule has 238 valence electrons. The molecule has 4 rings (SSSR count). The van der Waals surface area contributed by atoms with Crippen LogP contribution in [0.3, 0.4) is 0 Å². The molecule has 5 N–H and O–H groups in total. The van der Waals surface area contributed by atoms with Crippen molar-refractivity contribution in [1.82, 2.24) is 4.90 Å². The summed E-state index contributed by atoms with van der Waals surface area (Å²) in [5.74, 6) is -0.228. The fourth-order valence-corrected chi connectivity index (χ4v) is 6.19. The molecular weight excluding hydrogens is 542 g/mol. The van der Waals surface area contributed by atoms with Gasteiger partial charge in [0.2, 0.25) is 0 Å². The van der Waals surface area contributed by atoms with Crippen LogP contribution in [0.1, 0.15) is 58.8 Å². The number of carbonyl (C=O) groups is 1. The Morgan fingerprint density at radius 1 is 0.805 bits per heavy atom. The van der Waals surface area contributed by atoms with Crippen LogP contribution in [0.5, 0.6) is 0 Å². The van der Waals surface area contributed by atoms with Gasteiger partial charge in [-0.25, -0.2) is 0 Å². The lowest BCUT2D eigenvalue weighted by atomic mass is 9.85. The average Bonchev–Trinajstić information content (AvgIpc) is 2.95. The summed E-state index contributed by atoms with van der Waals surface area (Å²) in [7, 11) is 3.30. The molecule has 14 atom stereocenters. The van der Waals surface area contributed by atoms with Crippen LogP contribution in [0.15, 0.2) is 0 Å². The van der Waals surface area contributed by atoms with E-state index < -0.39 is 86.3 Å². The molecule has 1 amide bonds. The highest BCUT2D eigenvalue weighted by Crippen LogP contribution is 2.36. The standard InChI is InChI=1S/C28H49NO12/c1-14-9-8-11-16(23(14)41-27-22(34)21(33)19(31)15(2)37-27)39-28-25-24(20(32)18(13-30)40-28)38-17(26(35)29(3)4)10-6-5-7-12-36-25/h14-25,27-28,30-34H,5-13H2,1-4H3/t14-,15?,16-,17-,18?,19-,20+,21?,22+,23?,24?,25?,27?,28-/m1/s1. The Hall–Kier alpha value is -0.970. The Bertz CT molecular complexity index is 834. The van der Waals surface area contributed by atoms with Crippen LogP contribution in [0.25, 0.3) is 0 Å². The van der Waals surface area contributed by atoms with Gasteiger partial charge >= 0.3 is 0 Å². The first-order chi connectivity index (χ1) is 19.5. The van der Waals surface area contributed by atoms with E-state index in [1.165, 1.54) is 4.90 Å². The first-order valence-electron chi connectivity index (χ1n) is 15.0. The Kier molecular flexibility index (Phi) is 11.8. The van der Waals surface area contributed by atoms with Gasteiger partial charge in [-0.2, -0.15) is 0 Å². The first-order valence-corrected chi connectivity index (χ1v) is 15.0. The second-order valence-corrected chi connectivity index (χ2v) is 12.1. The number of hydrogen-bond donors (Lipinski definition) is 5. The van der Waals surface area contributed by atoms with Crippen LogP contribution in [-0.2, 0) is 33.2 Å².